The molecule has 0 spiro atoms. The Labute approximate surface area is 57.1 Å². The molecule has 0 aliphatic carbocycles. The van der Waals surface area contributed by atoms with E-state index < -0.39 is 6.23 Å². The molecule has 0 bridgehead atoms. The average molecular weight is 131 g/mol. The van der Waals surface area contributed by atoms with Crippen LogP contribution in [0, 0.1) is 5.92 Å². The Morgan fingerprint density at radius 2 is 1.89 bits per heavy atom. The Bertz CT molecular complexity index is 53.9. The molecule has 0 amide bonds. The molecule has 2 heteroatoms. The summed E-state index contributed by atoms with van der Waals surface area (Å²) in [5.41, 5.74) is 5.13. The fraction of sp³-hybridized carbons (Fsp3) is 1.00. The zero-order valence-electron chi connectivity index (χ0n) is 6.30. The van der Waals surface area contributed by atoms with E-state index in [1.807, 2.05) is 0 Å². The lowest BCUT2D eigenvalue weighted by molar-refractivity contribution is 0.167. The van der Waals surface area contributed by atoms with E-state index in [2.05, 4.69) is 13.8 Å². The molecule has 0 aromatic heterocycles. The fourth-order valence-electron chi connectivity index (χ4n) is 0.735. The summed E-state index contributed by atoms with van der Waals surface area (Å²) in [5, 5.41) is 8.64. The average Bonchev–Trinajstić information content (AvgIpc) is 1.63. The molecule has 1 unspecified atom stereocenters. The van der Waals surface area contributed by atoms with Crippen LogP contribution >= 0.6 is 0 Å². The van der Waals surface area contributed by atoms with Crippen LogP contribution < -0.4 is 5.73 Å². The normalized spacial score (nSPS) is 14.3. The van der Waals surface area contributed by atoms with Gasteiger partial charge in [-0.05, 0) is 18.8 Å². The summed E-state index contributed by atoms with van der Waals surface area (Å²) in [6, 6.07) is 0. The van der Waals surface area contributed by atoms with Gasteiger partial charge in [-0.2, -0.15) is 0 Å². The van der Waals surface area contributed by atoms with Crippen molar-refractivity contribution < 1.29 is 5.11 Å². The maximum atomic E-state index is 8.64. The second-order valence-corrected chi connectivity index (χ2v) is 2.89. The van der Waals surface area contributed by atoms with Crippen LogP contribution in [0.3, 0.4) is 0 Å². The number of hydrogen-bond donors (Lipinski definition) is 2. The van der Waals surface area contributed by atoms with Crippen molar-refractivity contribution in [2.24, 2.45) is 11.7 Å². The second-order valence-electron chi connectivity index (χ2n) is 2.89. The third-order valence-electron chi connectivity index (χ3n) is 1.28. The minimum atomic E-state index is -0.608. The van der Waals surface area contributed by atoms with E-state index in [9.17, 15) is 0 Å². The van der Waals surface area contributed by atoms with E-state index in [0.717, 1.165) is 25.2 Å². The highest BCUT2D eigenvalue weighted by Crippen LogP contribution is 2.06. The standard InChI is InChI=1S/C7H17NO/c1-6(2)4-3-5-7(8)9/h6-7,9H,3-5,8H2,1-2H3. The molecule has 56 valence electrons. The van der Waals surface area contributed by atoms with Crippen molar-refractivity contribution in [3.8, 4) is 0 Å². The minimum absolute atomic E-state index is 0.608. The molecule has 0 aromatic rings. The molecule has 0 radical (unpaired) electrons. The van der Waals surface area contributed by atoms with Crippen LogP contribution in [-0.2, 0) is 0 Å². The fourth-order valence-corrected chi connectivity index (χ4v) is 0.735. The summed E-state index contributed by atoms with van der Waals surface area (Å²) < 4.78 is 0. The maximum absolute atomic E-state index is 8.64. The van der Waals surface area contributed by atoms with Crippen LogP contribution in [0.15, 0.2) is 0 Å². The number of aliphatic hydroxyl groups is 1. The second kappa shape index (κ2) is 4.77. The van der Waals surface area contributed by atoms with Crippen molar-refractivity contribution in [3.05, 3.63) is 0 Å². The van der Waals surface area contributed by atoms with E-state index >= 15 is 0 Å². The highest BCUT2D eigenvalue weighted by atomic mass is 16.3. The predicted molar refractivity (Wildman–Crippen MR) is 38.9 cm³/mol. The Morgan fingerprint density at radius 3 is 2.22 bits per heavy atom. The molecular weight excluding hydrogens is 114 g/mol. The van der Waals surface area contributed by atoms with Gasteiger partial charge in [0.2, 0.25) is 0 Å². The zero-order chi connectivity index (χ0) is 7.28. The minimum Gasteiger partial charge on any atom is -0.379 e. The van der Waals surface area contributed by atoms with Crippen molar-refractivity contribution in [2.75, 3.05) is 0 Å². The summed E-state index contributed by atoms with van der Waals surface area (Å²) in [6.07, 6.45) is 2.32. The molecule has 2 nitrogen and oxygen atoms in total. The van der Waals surface area contributed by atoms with E-state index in [4.69, 9.17) is 10.8 Å². The Kier molecular flexibility index (Phi) is 4.72. The summed E-state index contributed by atoms with van der Waals surface area (Å²) in [5.74, 6) is 0.726. The lowest BCUT2D eigenvalue weighted by atomic mass is 10.1. The van der Waals surface area contributed by atoms with Gasteiger partial charge >= 0.3 is 0 Å². The van der Waals surface area contributed by atoms with Crippen molar-refractivity contribution in [2.45, 2.75) is 39.3 Å². The SMILES string of the molecule is CC(C)CCCC(N)O. The highest BCUT2D eigenvalue weighted by molar-refractivity contribution is 4.49. The Hall–Kier alpha value is -0.0800. The molecule has 0 saturated heterocycles. The van der Waals surface area contributed by atoms with Crippen molar-refractivity contribution >= 4 is 0 Å². The molecule has 0 heterocycles. The zero-order valence-corrected chi connectivity index (χ0v) is 6.30. The molecule has 0 fully saturated rings. The Morgan fingerprint density at radius 1 is 1.33 bits per heavy atom. The van der Waals surface area contributed by atoms with Gasteiger partial charge < -0.3 is 10.8 Å². The third kappa shape index (κ3) is 7.92. The largest absolute Gasteiger partial charge is 0.379 e. The first-order chi connectivity index (χ1) is 4.13. The van der Waals surface area contributed by atoms with Gasteiger partial charge in [-0.3, -0.25) is 0 Å². The van der Waals surface area contributed by atoms with E-state index in [-0.39, 0.29) is 0 Å². The molecule has 0 aliphatic heterocycles. The van der Waals surface area contributed by atoms with E-state index in [1.165, 1.54) is 0 Å². The van der Waals surface area contributed by atoms with Gasteiger partial charge in [0.15, 0.2) is 0 Å². The van der Waals surface area contributed by atoms with Crippen LogP contribution in [-0.4, -0.2) is 11.3 Å². The van der Waals surface area contributed by atoms with Gasteiger partial charge in [0.1, 0.15) is 6.23 Å². The summed E-state index contributed by atoms with van der Waals surface area (Å²) in [4.78, 5) is 0. The molecule has 0 aromatic carbocycles. The van der Waals surface area contributed by atoms with Crippen LogP contribution in [0.4, 0.5) is 0 Å². The monoisotopic (exact) mass is 131 g/mol. The number of rotatable bonds is 4. The van der Waals surface area contributed by atoms with Gasteiger partial charge in [0, 0.05) is 0 Å². The van der Waals surface area contributed by atoms with Gasteiger partial charge in [-0.25, -0.2) is 0 Å². The highest BCUT2D eigenvalue weighted by Gasteiger charge is 1.97. The lowest BCUT2D eigenvalue weighted by Crippen LogP contribution is -2.18. The summed E-state index contributed by atoms with van der Waals surface area (Å²) in [6.45, 7) is 4.34. The number of aliphatic hydroxyl groups excluding tert-OH is 1. The smallest absolute Gasteiger partial charge is 0.102 e. The number of nitrogens with two attached hydrogens (primary N) is 1. The van der Waals surface area contributed by atoms with Crippen molar-refractivity contribution in [1.82, 2.24) is 0 Å². The predicted octanol–water partition coefficient (Wildman–Crippen LogP) is 1.09. The van der Waals surface area contributed by atoms with Gasteiger partial charge in [0.05, 0.1) is 0 Å². The Balaban J connectivity index is 2.91. The van der Waals surface area contributed by atoms with Crippen LogP contribution in [0.1, 0.15) is 33.1 Å². The van der Waals surface area contributed by atoms with E-state index in [0.29, 0.717) is 0 Å². The van der Waals surface area contributed by atoms with Gasteiger partial charge in [0.25, 0.3) is 0 Å². The molecule has 3 N–H and O–H groups in total. The molecular formula is C7H17NO. The first-order valence-corrected chi connectivity index (χ1v) is 3.56. The molecule has 0 saturated carbocycles. The maximum Gasteiger partial charge on any atom is 0.102 e. The van der Waals surface area contributed by atoms with Crippen LogP contribution in [0.25, 0.3) is 0 Å². The van der Waals surface area contributed by atoms with Gasteiger partial charge in [-0.15, -0.1) is 0 Å². The topological polar surface area (TPSA) is 46.2 Å². The molecule has 0 aliphatic rings. The van der Waals surface area contributed by atoms with Crippen molar-refractivity contribution in [3.63, 3.8) is 0 Å². The molecule has 9 heavy (non-hydrogen) atoms. The molecule has 1 atom stereocenters. The molecule has 0 rings (SSSR count). The summed E-state index contributed by atoms with van der Waals surface area (Å²) >= 11 is 0. The van der Waals surface area contributed by atoms with Crippen LogP contribution in [0.2, 0.25) is 0 Å². The van der Waals surface area contributed by atoms with Crippen LogP contribution in [0.5, 0.6) is 0 Å². The van der Waals surface area contributed by atoms with Gasteiger partial charge in [-0.1, -0.05) is 20.3 Å². The van der Waals surface area contributed by atoms with Crippen molar-refractivity contribution in [1.29, 1.82) is 0 Å². The third-order valence-corrected chi connectivity index (χ3v) is 1.28. The number of hydrogen-bond acceptors (Lipinski definition) is 2. The first-order valence-electron chi connectivity index (χ1n) is 3.56. The lowest BCUT2D eigenvalue weighted by Gasteiger charge is -2.05. The summed E-state index contributed by atoms with van der Waals surface area (Å²) in [7, 11) is 0. The first kappa shape index (κ1) is 8.92. The van der Waals surface area contributed by atoms with E-state index in [1.54, 1.807) is 0 Å². The quantitative estimate of drug-likeness (QED) is 0.561.